The minimum absolute atomic E-state index is 0.294. The Labute approximate surface area is 127 Å². The molecule has 2 N–H and O–H groups in total. The predicted octanol–water partition coefficient (Wildman–Crippen LogP) is 2.52. The topological polar surface area (TPSA) is 58.6 Å². The summed E-state index contributed by atoms with van der Waals surface area (Å²) in [7, 11) is -1.84. The van der Waals surface area contributed by atoms with Crippen molar-refractivity contribution in [3.8, 4) is 0 Å². The van der Waals surface area contributed by atoms with E-state index in [0.717, 1.165) is 0 Å². The first-order valence-corrected chi connectivity index (χ1v) is 9.48. The second-order valence-corrected chi connectivity index (χ2v) is 8.30. The molecule has 0 bridgehead atoms. The average molecular weight is 311 g/mol. The lowest BCUT2D eigenvalue weighted by Crippen LogP contribution is -2.39. The van der Waals surface area contributed by atoms with Gasteiger partial charge in [-0.2, -0.15) is 0 Å². The number of ether oxygens (including phenoxy) is 1. The fourth-order valence-corrected chi connectivity index (χ4v) is 4.66. The summed E-state index contributed by atoms with van der Waals surface area (Å²) in [5.74, 6) is 0. The monoisotopic (exact) mass is 311 g/mol. The maximum Gasteiger partial charge on any atom is 0.236 e. The maximum absolute atomic E-state index is 12.8. The molecule has 0 spiro atoms. The Morgan fingerprint density at radius 3 is 2.57 bits per heavy atom. The molecule has 1 aliphatic rings. The zero-order valence-corrected chi connectivity index (χ0v) is 13.6. The Balaban J connectivity index is 2.01. The summed E-state index contributed by atoms with van der Waals surface area (Å²) < 4.78 is 18.0. The quantitative estimate of drug-likeness (QED) is 0.760. The molecule has 5 heteroatoms. The molecule has 1 aromatic carbocycles. The Morgan fingerprint density at radius 1 is 1.29 bits per heavy atom. The second-order valence-electron chi connectivity index (χ2n) is 5.81. The highest BCUT2D eigenvalue weighted by molar-refractivity contribution is 7.66. The van der Waals surface area contributed by atoms with Gasteiger partial charge in [0.1, 0.15) is 0 Å². The molecule has 21 heavy (non-hydrogen) atoms. The van der Waals surface area contributed by atoms with Crippen LogP contribution in [-0.2, 0) is 9.30 Å². The molecule has 1 aromatic rings. The van der Waals surface area contributed by atoms with E-state index in [1.165, 1.54) is 32.1 Å². The lowest BCUT2D eigenvalue weighted by Gasteiger charge is -2.28. The van der Waals surface area contributed by atoms with Crippen molar-refractivity contribution in [3.05, 3.63) is 30.3 Å². The van der Waals surface area contributed by atoms with Crippen molar-refractivity contribution in [2.45, 2.75) is 43.8 Å². The van der Waals surface area contributed by atoms with Gasteiger partial charge in [-0.25, -0.2) is 0 Å². The van der Waals surface area contributed by atoms with E-state index in [9.17, 15) is 9.46 Å². The fourth-order valence-electron chi connectivity index (χ4n) is 2.94. The van der Waals surface area contributed by atoms with E-state index >= 15 is 0 Å². The molecule has 0 aliphatic heterocycles. The normalized spacial score (nSPS) is 20.9. The molecule has 118 valence electrons. The molecular formula is C16H26NO3P. The van der Waals surface area contributed by atoms with E-state index in [2.05, 4.69) is 5.32 Å². The van der Waals surface area contributed by atoms with Crippen LogP contribution in [0.25, 0.3) is 0 Å². The van der Waals surface area contributed by atoms with Crippen LogP contribution in [0.3, 0.4) is 0 Å². The minimum Gasteiger partial charge on any atom is -0.384 e. The molecule has 2 unspecified atom stereocenters. The number of rotatable bonds is 7. The third-order valence-electron chi connectivity index (χ3n) is 4.23. The van der Waals surface area contributed by atoms with Gasteiger partial charge in [0.2, 0.25) is 7.37 Å². The summed E-state index contributed by atoms with van der Waals surface area (Å²) >= 11 is 0. The highest BCUT2D eigenvalue weighted by Crippen LogP contribution is 2.45. The van der Waals surface area contributed by atoms with Crippen molar-refractivity contribution in [2.24, 2.45) is 0 Å². The van der Waals surface area contributed by atoms with E-state index in [1.807, 2.05) is 6.07 Å². The van der Waals surface area contributed by atoms with Gasteiger partial charge in [0.25, 0.3) is 0 Å². The van der Waals surface area contributed by atoms with Crippen LogP contribution in [0, 0.1) is 0 Å². The fraction of sp³-hybridized carbons (Fsp3) is 0.625. The van der Waals surface area contributed by atoms with Crippen LogP contribution in [-0.4, -0.2) is 36.9 Å². The van der Waals surface area contributed by atoms with E-state index in [1.54, 1.807) is 31.4 Å². The van der Waals surface area contributed by atoms with Gasteiger partial charge in [-0.15, -0.1) is 0 Å². The standard InChI is InChI=1S/C16H26NO3P/c1-20-13-16(12-17-14-8-4-2-5-9-14)21(18,19)15-10-6-3-7-11-15/h3,6-7,10-11,14,16-17H,2,4-5,8-9,12-13H2,1H3,(H,18,19). The Morgan fingerprint density at radius 2 is 1.95 bits per heavy atom. The summed E-state index contributed by atoms with van der Waals surface area (Å²) in [5, 5.41) is 3.98. The molecule has 0 saturated heterocycles. The van der Waals surface area contributed by atoms with E-state index < -0.39 is 13.0 Å². The number of hydrogen-bond acceptors (Lipinski definition) is 3. The zero-order valence-electron chi connectivity index (χ0n) is 12.7. The van der Waals surface area contributed by atoms with Crippen molar-refractivity contribution >= 4 is 12.7 Å². The molecule has 1 fully saturated rings. The summed E-state index contributed by atoms with van der Waals surface area (Å²) in [6.07, 6.45) is 6.15. The first-order chi connectivity index (χ1) is 10.1. The van der Waals surface area contributed by atoms with Crippen molar-refractivity contribution in [1.29, 1.82) is 0 Å². The Kier molecular flexibility index (Phi) is 6.43. The van der Waals surface area contributed by atoms with Crippen LogP contribution in [0.15, 0.2) is 30.3 Å². The van der Waals surface area contributed by atoms with Gasteiger partial charge < -0.3 is 14.9 Å². The number of hydrogen-bond donors (Lipinski definition) is 2. The molecule has 4 nitrogen and oxygen atoms in total. The van der Waals surface area contributed by atoms with Gasteiger partial charge >= 0.3 is 0 Å². The van der Waals surface area contributed by atoms with Crippen LogP contribution in [0.4, 0.5) is 0 Å². The lowest BCUT2D eigenvalue weighted by molar-refractivity contribution is 0.190. The Bertz CT molecular complexity index is 460. The smallest absolute Gasteiger partial charge is 0.236 e. The predicted molar refractivity (Wildman–Crippen MR) is 86.4 cm³/mol. The molecule has 1 saturated carbocycles. The summed E-state index contributed by atoms with van der Waals surface area (Å²) in [5.41, 5.74) is -0.396. The van der Waals surface area contributed by atoms with E-state index in [-0.39, 0.29) is 0 Å². The van der Waals surface area contributed by atoms with Crippen molar-refractivity contribution in [2.75, 3.05) is 20.3 Å². The molecule has 2 atom stereocenters. The zero-order chi connectivity index (χ0) is 15.1. The number of methoxy groups -OCH3 is 1. The van der Waals surface area contributed by atoms with Crippen LogP contribution in [0.5, 0.6) is 0 Å². The molecule has 0 radical (unpaired) electrons. The molecule has 0 amide bonds. The molecule has 0 aromatic heterocycles. The third-order valence-corrected chi connectivity index (χ3v) is 6.59. The second kappa shape index (κ2) is 8.09. The highest BCUT2D eigenvalue weighted by Gasteiger charge is 2.33. The Hall–Kier alpha value is -0.670. The van der Waals surface area contributed by atoms with Gasteiger partial charge in [0.05, 0.1) is 12.3 Å². The first-order valence-electron chi connectivity index (χ1n) is 7.75. The SMILES string of the molecule is COCC(CNC1CCCCC1)P(=O)(O)c1ccccc1. The van der Waals surface area contributed by atoms with Crippen LogP contribution in [0.2, 0.25) is 0 Å². The summed E-state index contributed by atoms with van der Waals surface area (Å²) in [6, 6.07) is 9.39. The summed E-state index contributed by atoms with van der Waals surface area (Å²) in [4.78, 5) is 10.5. The largest absolute Gasteiger partial charge is 0.384 e. The van der Waals surface area contributed by atoms with Gasteiger partial charge in [-0.3, -0.25) is 4.57 Å². The average Bonchev–Trinajstić information content (AvgIpc) is 2.53. The first kappa shape index (κ1) is 16.7. The lowest BCUT2D eigenvalue weighted by atomic mass is 9.95. The molecular weight excluding hydrogens is 285 g/mol. The van der Waals surface area contributed by atoms with Crippen molar-refractivity contribution < 1.29 is 14.2 Å². The molecule has 1 aliphatic carbocycles. The van der Waals surface area contributed by atoms with Gasteiger partial charge in [-0.05, 0) is 25.0 Å². The number of benzene rings is 1. The number of nitrogens with one attached hydrogen (secondary N) is 1. The van der Waals surface area contributed by atoms with E-state index in [0.29, 0.717) is 24.5 Å². The van der Waals surface area contributed by atoms with E-state index in [4.69, 9.17) is 4.74 Å². The van der Waals surface area contributed by atoms with Crippen molar-refractivity contribution in [3.63, 3.8) is 0 Å². The van der Waals surface area contributed by atoms with Crippen LogP contribution < -0.4 is 10.6 Å². The third kappa shape index (κ3) is 4.65. The maximum atomic E-state index is 12.8. The summed E-state index contributed by atoms with van der Waals surface area (Å²) in [6.45, 7) is 0.823. The molecule has 2 rings (SSSR count). The van der Waals surface area contributed by atoms with Crippen LogP contribution in [0.1, 0.15) is 32.1 Å². The van der Waals surface area contributed by atoms with Crippen LogP contribution >= 0.6 is 7.37 Å². The van der Waals surface area contributed by atoms with Gasteiger partial charge in [0, 0.05) is 25.0 Å². The van der Waals surface area contributed by atoms with Gasteiger partial charge in [-0.1, -0.05) is 37.5 Å². The minimum atomic E-state index is -3.43. The van der Waals surface area contributed by atoms with Crippen molar-refractivity contribution in [1.82, 2.24) is 5.32 Å². The molecule has 0 heterocycles. The van der Waals surface area contributed by atoms with Gasteiger partial charge in [0.15, 0.2) is 0 Å². The highest BCUT2D eigenvalue weighted by atomic mass is 31.2.